The number of nitrogens with one attached hydrogen (secondary N) is 1. The third-order valence-corrected chi connectivity index (χ3v) is 5.25. The minimum Gasteiger partial charge on any atom is -0.497 e. The lowest BCUT2D eigenvalue weighted by atomic mass is 10.1. The Balaban J connectivity index is 1.89. The summed E-state index contributed by atoms with van der Waals surface area (Å²) in [6.07, 6.45) is 24.0. The van der Waals surface area contributed by atoms with Crippen molar-refractivity contribution < 1.29 is 9.53 Å². The molecule has 0 fully saturated rings. The molecule has 1 aromatic carbocycles. The van der Waals surface area contributed by atoms with Crippen LogP contribution in [0.2, 0.25) is 0 Å². The smallest absolute Gasteiger partial charge is 0.220 e. The molecule has 0 unspecified atom stereocenters. The zero-order valence-corrected chi connectivity index (χ0v) is 19.3. The molecule has 0 saturated carbocycles. The maximum absolute atomic E-state index is 11.9. The second-order valence-electron chi connectivity index (χ2n) is 7.93. The summed E-state index contributed by atoms with van der Waals surface area (Å²) in [4.78, 5) is 11.9. The van der Waals surface area contributed by atoms with E-state index in [0.29, 0.717) is 13.0 Å². The van der Waals surface area contributed by atoms with Crippen molar-refractivity contribution in [3.8, 4) is 5.75 Å². The Morgan fingerprint density at radius 1 is 0.867 bits per heavy atom. The minimum absolute atomic E-state index is 0.175. The van der Waals surface area contributed by atoms with Crippen LogP contribution in [0.4, 0.5) is 0 Å². The van der Waals surface area contributed by atoms with Gasteiger partial charge < -0.3 is 10.1 Å². The van der Waals surface area contributed by atoms with Crippen molar-refractivity contribution >= 4 is 5.91 Å². The van der Waals surface area contributed by atoms with Crippen molar-refractivity contribution in [2.45, 2.75) is 90.4 Å². The van der Waals surface area contributed by atoms with Gasteiger partial charge in [0, 0.05) is 13.0 Å². The minimum atomic E-state index is 0.175. The van der Waals surface area contributed by atoms with Crippen molar-refractivity contribution in [3.63, 3.8) is 0 Å². The monoisotopic (exact) mass is 412 g/mol. The van der Waals surface area contributed by atoms with Gasteiger partial charge in [-0.05, 0) is 62.6 Å². The number of carbonyl (C=O) groups is 1. The molecule has 3 nitrogen and oxygen atoms in total. The molecule has 0 bridgehead atoms. The van der Waals surface area contributed by atoms with Gasteiger partial charge in [0.1, 0.15) is 5.75 Å². The largest absolute Gasteiger partial charge is 0.497 e. The van der Waals surface area contributed by atoms with Crippen LogP contribution in [0.25, 0.3) is 0 Å². The van der Waals surface area contributed by atoms with E-state index in [0.717, 1.165) is 31.4 Å². The van der Waals surface area contributed by atoms with E-state index in [1.807, 2.05) is 24.3 Å². The van der Waals surface area contributed by atoms with Gasteiger partial charge in [0.2, 0.25) is 5.91 Å². The van der Waals surface area contributed by atoms with Gasteiger partial charge in [-0.25, -0.2) is 0 Å². The first-order valence-electron chi connectivity index (χ1n) is 12.0. The molecular weight excluding hydrogens is 369 g/mol. The average Bonchev–Trinajstić information content (AvgIpc) is 2.77. The van der Waals surface area contributed by atoms with Gasteiger partial charge in [0.15, 0.2) is 0 Å². The number of hydrogen-bond acceptors (Lipinski definition) is 2. The Hall–Kier alpha value is -2.03. The van der Waals surface area contributed by atoms with Crippen LogP contribution in [0.3, 0.4) is 0 Å². The molecule has 1 aromatic rings. The van der Waals surface area contributed by atoms with Gasteiger partial charge in [0.05, 0.1) is 7.11 Å². The lowest BCUT2D eigenvalue weighted by Gasteiger charge is -2.06. The van der Waals surface area contributed by atoms with E-state index in [2.05, 4.69) is 36.5 Å². The lowest BCUT2D eigenvalue weighted by Crippen LogP contribution is -2.25. The first kappa shape index (κ1) is 26.0. The zero-order chi connectivity index (χ0) is 21.7. The fraction of sp³-hybridized carbons (Fsp3) is 0.593. The van der Waals surface area contributed by atoms with Crippen LogP contribution in [0.5, 0.6) is 5.75 Å². The molecule has 168 valence electrons. The number of methoxy groups -OCH3 is 1. The molecule has 0 aliphatic heterocycles. The van der Waals surface area contributed by atoms with Gasteiger partial charge in [-0.15, -0.1) is 0 Å². The van der Waals surface area contributed by atoms with Crippen molar-refractivity contribution in [2.24, 2.45) is 0 Å². The highest BCUT2D eigenvalue weighted by Crippen LogP contribution is 2.11. The summed E-state index contributed by atoms with van der Waals surface area (Å²) in [5.74, 6) is 1.04. The average molecular weight is 413 g/mol. The summed E-state index contributed by atoms with van der Waals surface area (Å²) >= 11 is 0. The molecule has 0 radical (unpaired) electrons. The second-order valence-corrected chi connectivity index (χ2v) is 7.93. The molecule has 0 aliphatic rings. The molecular formula is C27H43NO2. The molecule has 3 heteroatoms. The van der Waals surface area contributed by atoms with Crippen LogP contribution in [0.1, 0.15) is 89.5 Å². The molecule has 30 heavy (non-hydrogen) atoms. The van der Waals surface area contributed by atoms with Crippen LogP contribution >= 0.6 is 0 Å². The van der Waals surface area contributed by atoms with E-state index in [9.17, 15) is 4.79 Å². The third kappa shape index (κ3) is 14.9. The Kier molecular flexibility index (Phi) is 16.4. The summed E-state index contributed by atoms with van der Waals surface area (Å²) in [7, 11) is 1.67. The number of unbranched alkanes of at least 4 members (excludes halogenated alkanes) is 8. The molecule has 0 heterocycles. The topological polar surface area (TPSA) is 38.3 Å². The van der Waals surface area contributed by atoms with Crippen LogP contribution in [0.15, 0.2) is 48.6 Å². The number of ether oxygens (including phenoxy) is 1. The van der Waals surface area contributed by atoms with Gasteiger partial charge in [0.25, 0.3) is 0 Å². The fourth-order valence-electron chi connectivity index (χ4n) is 3.32. The molecule has 1 N–H and O–H groups in total. The number of amides is 1. The molecule has 0 spiro atoms. The van der Waals surface area contributed by atoms with E-state index in [1.54, 1.807) is 7.11 Å². The SMILES string of the molecule is CCCCC/C=C\C/C=C\CCCCCCCC(=O)NCCc1ccc(O[11CH3])cc1. The van der Waals surface area contributed by atoms with Crippen LogP contribution in [-0.2, 0) is 11.2 Å². The molecule has 0 aromatic heterocycles. The number of hydrogen-bond donors (Lipinski definition) is 1. The van der Waals surface area contributed by atoms with E-state index in [-0.39, 0.29) is 5.91 Å². The van der Waals surface area contributed by atoms with Gasteiger partial charge >= 0.3 is 0 Å². The van der Waals surface area contributed by atoms with E-state index in [1.165, 1.54) is 56.9 Å². The normalized spacial score (nSPS) is 11.4. The quantitative estimate of drug-likeness (QED) is 0.205. The summed E-state index contributed by atoms with van der Waals surface area (Å²) < 4.78 is 5.16. The highest BCUT2D eigenvalue weighted by molar-refractivity contribution is 5.75. The summed E-state index contributed by atoms with van der Waals surface area (Å²) in [5, 5.41) is 3.02. The number of rotatable bonds is 18. The highest BCUT2D eigenvalue weighted by Gasteiger charge is 2.01. The maximum Gasteiger partial charge on any atom is 0.220 e. The second kappa shape index (κ2) is 19.0. The Bertz CT molecular complexity index is 589. The van der Waals surface area contributed by atoms with Crippen molar-refractivity contribution in [1.29, 1.82) is 0 Å². The zero-order valence-electron chi connectivity index (χ0n) is 19.3. The number of carbonyl (C=O) groups excluding carboxylic acids is 1. The Morgan fingerprint density at radius 2 is 1.50 bits per heavy atom. The lowest BCUT2D eigenvalue weighted by molar-refractivity contribution is -0.121. The van der Waals surface area contributed by atoms with Gasteiger partial charge in [-0.2, -0.15) is 0 Å². The van der Waals surface area contributed by atoms with Crippen molar-refractivity contribution in [1.82, 2.24) is 5.32 Å². The molecule has 0 atom stereocenters. The first-order valence-corrected chi connectivity index (χ1v) is 12.0. The van der Waals surface area contributed by atoms with Crippen molar-refractivity contribution in [3.05, 3.63) is 54.1 Å². The third-order valence-electron chi connectivity index (χ3n) is 5.25. The standard InChI is InChI=1S/C27H43NO2/c1-3-4-5-6-7-8-9-10-11-12-13-14-15-16-17-18-27(29)28-24-23-25-19-21-26(30-2)22-20-25/h7-8,10-11,19-22H,3-6,9,12-18,23-24H2,1-2H3,(H,28,29)/b8-7-,11-10-/i2-1. The molecule has 1 rings (SSSR count). The molecule has 1 amide bonds. The summed E-state index contributed by atoms with van der Waals surface area (Å²) in [6.45, 7) is 2.95. The van der Waals surface area contributed by atoms with E-state index < -0.39 is 0 Å². The fourth-order valence-corrected chi connectivity index (χ4v) is 3.32. The Labute approximate surface area is 185 Å². The van der Waals surface area contributed by atoms with Crippen LogP contribution < -0.4 is 10.1 Å². The number of benzene rings is 1. The molecule has 0 aliphatic carbocycles. The predicted octanol–water partition coefficient (Wildman–Crippen LogP) is 7.17. The highest BCUT2D eigenvalue weighted by atomic mass is 16.4. The van der Waals surface area contributed by atoms with Crippen LogP contribution in [-0.4, -0.2) is 19.6 Å². The summed E-state index contributed by atoms with van der Waals surface area (Å²) in [5.41, 5.74) is 1.22. The van der Waals surface area contributed by atoms with E-state index >= 15 is 0 Å². The predicted molar refractivity (Wildman–Crippen MR) is 129 cm³/mol. The molecule has 0 saturated heterocycles. The summed E-state index contributed by atoms with van der Waals surface area (Å²) in [6, 6.07) is 8.01. The Morgan fingerprint density at radius 3 is 2.17 bits per heavy atom. The van der Waals surface area contributed by atoms with Crippen molar-refractivity contribution in [2.75, 3.05) is 13.7 Å². The van der Waals surface area contributed by atoms with Gasteiger partial charge in [-0.3, -0.25) is 4.79 Å². The van der Waals surface area contributed by atoms with E-state index in [4.69, 9.17) is 4.74 Å². The van der Waals surface area contributed by atoms with Gasteiger partial charge in [-0.1, -0.05) is 75.5 Å². The first-order chi connectivity index (χ1) is 14.8. The van der Waals surface area contributed by atoms with Crippen LogP contribution in [0, 0.1) is 0 Å². The number of allylic oxidation sites excluding steroid dienone is 4. The maximum atomic E-state index is 11.9.